The Kier molecular flexibility index (Phi) is 7.08. The average Bonchev–Trinajstić information content (AvgIpc) is 2.73. The summed E-state index contributed by atoms with van der Waals surface area (Å²) in [4.78, 5) is 12.2. The van der Waals surface area contributed by atoms with E-state index < -0.39 is 0 Å². The molecule has 0 aliphatic rings. The Labute approximate surface area is 166 Å². The lowest BCUT2D eigenvalue weighted by atomic mass is 10.1. The van der Waals surface area contributed by atoms with E-state index in [0.717, 1.165) is 34.6 Å². The van der Waals surface area contributed by atoms with Gasteiger partial charge >= 0.3 is 0 Å². The summed E-state index contributed by atoms with van der Waals surface area (Å²) in [6, 6.07) is 25.6. The van der Waals surface area contributed by atoms with E-state index in [-0.39, 0.29) is 5.91 Å². The van der Waals surface area contributed by atoms with Gasteiger partial charge in [0.05, 0.1) is 13.5 Å². The number of hydrogen-bond acceptors (Lipinski definition) is 3. The molecule has 0 fully saturated rings. The Hall–Kier alpha value is -3.27. The number of rotatable bonds is 9. The van der Waals surface area contributed by atoms with Crippen molar-refractivity contribution >= 4 is 5.91 Å². The van der Waals surface area contributed by atoms with Crippen LogP contribution in [0.15, 0.2) is 78.9 Å². The van der Waals surface area contributed by atoms with E-state index in [2.05, 4.69) is 5.32 Å². The summed E-state index contributed by atoms with van der Waals surface area (Å²) >= 11 is 0. The lowest BCUT2D eigenvalue weighted by Crippen LogP contribution is -2.27. The number of carbonyl (C=O) groups is 1. The molecule has 144 valence electrons. The minimum atomic E-state index is 0.00288. The fraction of sp³-hybridized carbons (Fsp3) is 0.208. The summed E-state index contributed by atoms with van der Waals surface area (Å²) < 4.78 is 11.1. The van der Waals surface area contributed by atoms with Crippen molar-refractivity contribution in [2.75, 3.05) is 13.7 Å². The zero-order valence-corrected chi connectivity index (χ0v) is 16.1. The molecule has 3 aromatic rings. The van der Waals surface area contributed by atoms with Crippen molar-refractivity contribution in [3.05, 3.63) is 95.6 Å². The molecule has 0 aliphatic heterocycles. The average molecular weight is 375 g/mol. The maximum atomic E-state index is 12.2. The minimum absolute atomic E-state index is 0.00288. The smallest absolute Gasteiger partial charge is 0.224 e. The summed E-state index contributed by atoms with van der Waals surface area (Å²) in [6.45, 7) is 1.10. The molecule has 3 aromatic carbocycles. The van der Waals surface area contributed by atoms with E-state index in [1.54, 1.807) is 7.11 Å². The zero-order chi connectivity index (χ0) is 19.6. The van der Waals surface area contributed by atoms with Crippen molar-refractivity contribution < 1.29 is 14.3 Å². The molecule has 0 aromatic heterocycles. The summed E-state index contributed by atoms with van der Waals surface area (Å²) in [5, 5.41) is 2.97. The van der Waals surface area contributed by atoms with Gasteiger partial charge in [0, 0.05) is 6.54 Å². The molecular weight excluding hydrogens is 350 g/mol. The van der Waals surface area contributed by atoms with Crippen LogP contribution < -0.4 is 14.8 Å². The number of carbonyl (C=O) groups excluding carboxylic acids is 1. The second kappa shape index (κ2) is 10.2. The highest BCUT2D eigenvalue weighted by atomic mass is 16.5. The van der Waals surface area contributed by atoms with Crippen LogP contribution in [-0.2, 0) is 24.2 Å². The Balaban J connectivity index is 1.45. The quantitative estimate of drug-likeness (QED) is 0.610. The Morgan fingerprint density at radius 1 is 0.821 bits per heavy atom. The predicted octanol–water partition coefficient (Wildman–Crippen LogP) is 4.18. The third kappa shape index (κ3) is 6.16. The fourth-order valence-electron chi connectivity index (χ4n) is 2.91. The molecule has 0 saturated carbocycles. The van der Waals surface area contributed by atoms with Gasteiger partial charge in [-0.2, -0.15) is 0 Å². The topological polar surface area (TPSA) is 47.6 Å². The Morgan fingerprint density at radius 3 is 2.29 bits per heavy atom. The van der Waals surface area contributed by atoms with Crippen LogP contribution in [0.4, 0.5) is 0 Å². The molecule has 3 rings (SSSR count). The van der Waals surface area contributed by atoms with Crippen molar-refractivity contribution in [1.29, 1.82) is 0 Å². The predicted molar refractivity (Wildman–Crippen MR) is 111 cm³/mol. The van der Waals surface area contributed by atoms with Gasteiger partial charge in [0.25, 0.3) is 0 Å². The number of nitrogens with one attached hydrogen (secondary N) is 1. The van der Waals surface area contributed by atoms with E-state index in [1.807, 2.05) is 78.9 Å². The van der Waals surface area contributed by atoms with Gasteiger partial charge in [-0.15, -0.1) is 0 Å². The van der Waals surface area contributed by atoms with Gasteiger partial charge in [-0.3, -0.25) is 4.79 Å². The first kappa shape index (κ1) is 19.5. The minimum Gasteiger partial charge on any atom is -0.497 e. The van der Waals surface area contributed by atoms with Crippen molar-refractivity contribution in [3.63, 3.8) is 0 Å². The molecule has 0 atom stereocenters. The lowest BCUT2D eigenvalue weighted by molar-refractivity contribution is -0.120. The first-order valence-corrected chi connectivity index (χ1v) is 9.38. The first-order valence-electron chi connectivity index (χ1n) is 9.38. The highest BCUT2D eigenvalue weighted by Gasteiger charge is 2.05. The van der Waals surface area contributed by atoms with Crippen LogP contribution in [0.5, 0.6) is 11.5 Å². The number of benzene rings is 3. The standard InChI is InChI=1S/C24H25NO3/c1-27-22-11-5-9-19(15-22)13-14-25-24(26)17-21-10-6-12-23(16-21)28-18-20-7-3-2-4-8-20/h2-12,15-16H,13-14,17-18H2,1H3,(H,25,26). The van der Waals surface area contributed by atoms with Crippen molar-refractivity contribution in [1.82, 2.24) is 5.32 Å². The van der Waals surface area contributed by atoms with Crippen LogP contribution in [0.25, 0.3) is 0 Å². The normalized spacial score (nSPS) is 10.3. The van der Waals surface area contributed by atoms with Crippen molar-refractivity contribution in [2.24, 2.45) is 0 Å². The van der Waals surface area contributed by atoms with Gasteiger partial charge in [-0.05, 0) is 47.4 Å². The van der Waals surface area contributed by atoms with Crippen LogP contribution in [0.1, 0.15) is 16.7 Å². The van der Waals surface area contributed by atoms with E-state index in [0.29, 0.717) is 19.6 Å². The molecule has 0 aliphatic carbocycles. The summed E-state index contributed by atoms with van der Waals surface area (Å²) in [6.07, 6.45) is 1.10. The van der Waals surface area contributed by atoms with E-state index >= 15 is 0 Å². The maximum absolute atomic E-state index is 12.2. The van der Waals surface area contributed by atoms with Crippen LogP contribution in [0, 0.1) is 0 Å². The van der Waals surface area contributed by atoms with E-state index in [9.17, 15) is 4.79 Å². The van der Waals surface area contributed by atoms with Crippen molar-refractivity contribution in [3.8, 4) is 11.5 Å². The molecular formula is C24H25NO3. The highest BCUT2D eigenvalue weighted by Crippen LogP contribution is 2.16. The van der Waals surface area contributed by atoms with Gasteiger partial charge in [-0.1, -0.05) is 54.6 Å². The molecule has 0 unspecified atom stereocenters. The molecule has 0 spiro atoms. The Bertz CT molecular complexity index is 893. The third-order valence-corrected chi connectivity index (χ3v) is 4.38. The largest absolute Gasteiger partial charge is 0.497 e. The van der Waals surface area contributed by atoms with Crippen molar-refractivity contribution in [2.45, 2.75) is 19.4 Å². The summed E-state index contributed by atoms with van der Waals surface area (Å²) in [5.74, 6) is 1.60. The second-order valence-electron chi connectivity index (χ2n) is 6.55. The van der Waals surface area contributed by atoms with Crippen LogP contribution in [-0.4, -0.2) is 19.6 Å². The van der Waals surface area contributed by atoms with E-state index in [1.165, 1.54) is 0 Å². The van der Waals surface area contributed by atoms with Gasteiger partial charge in [0.2, 0.25) is 5.91 Å². The number of amides is 1. The lowest BCUT2D eigenvalue weighted by Gasteiger charge is -2.09. The molecule has 28 heavy (non-hydrogen) atoms. The van der Waals surface area contributed by atoms with Gasteiger partial charge in [-0.25, -0.2) is 0 Å². The molecule has 1 N–H and O–H groups in total. The summed E-state index contributed by atoms with van der Waals surface area (Å²) in [7, 11) is 1.65. The zero-order valence-electron chi connectivity index (χ0n) is 16.1. The van der Waals surface area contributed by atoms with Gasteiger partial charge in [0.15, 0.2) is 0 Å². The highest BCUT2D eigenvalue weighted by molar-refractivity contribution is 5.78. The van der Waals surface area contributed by atoms with Crippen LogP contribution >= 0.6 is 0 Å². The second-order valence-corrected chi connectivity index (χ2v) is 6.55. The maximum Gasteiger partial charge on any atom is 0.224 e. The number of ether oxygens (including phenoxy) is 2. The molecule has 4 nitrogen and oxygen atoms in total. The molecule has 0 bridgehead atoms. The van der Waals surface area contributed by atoms with Crippen LogP contribution in [0.3, 0.4) is 0 Å². The van der Waals surface area contributed by atoms with E-state index in [4.69, 9.17) is 9.47 Å². The SMILES string of the molecule is COc1cccc(CCNC(=O)Cc2cccc(OCc3ccccc3)c2)c1. The third-order valence-electron chi connectivity index (χ3n) is 4.38. The molecule has 0 saturated heterocycles. The van der Waals surface area contributed by atoms with Gasteiger partial charge in [0.1, 0.15) is 18.1 Å². The molecule has 0 radical (unpaired) electrons. The monoisotopic (exact) mass is 375 g/mol. The van der Waals surface area contributed by atoms with Crippen LogP contribution in [0.2, 0.25) is 0 Å². The molecule has 4 heteroatoms. The summed E-state index contributed by atoms with van der Waals surface area (Å²) in [5.41, 5.74) is 3.18. The number of methoxy groups -OCH3 is 1. The fourth-order valence-corrected chi connectivity index (χ4v) is 2.91. The molecule has 1 amide bonds. The Morgan fingerprint density at radius 2 is 1.50 bits per heavy atom. The van der Waals surface area contributed by atoms with Gasteiger partial charge < -0.3 is 14.8 Å². The number of hydrogen-bond donors (Lipinski definition) is 1. The first-order chi connectivity index (χ1) is 13.7. The molecule has 0 heterocycles.